The first-order chi connectivity index (χ1) is 7.63. The Labute approximate surface area is 114 Å². The van der Waals surface area contributed by atoms with Gasteiger partial charge in [0.2, 0.25) is 0 Å². The van der Waals surface area contributed by atoms with Crippen molar-refractivity contribution in [1.29, 1.82) is 0 Å². The van der Waals surface area contributed by atoms with Crippen LogP contribution >= 0.6 is 38.9 Å². The SMILES string of the molecule is CNCC1CCN(C)C1c1cc(Br)c(Cl)s1. The van der Waals surface area contributed by atoms with Crippen molar-refractivity contribution in [2.75, 3.05) is 27.2 Å². The lowest BCUT2D eigenvalue weighted by atomic mass is 9.99. The van der Waals surface area contributed by atoms with Gasteiger partial charge in [-0.1, -0.05) is 11.6 Å². The van der Waals surface area contributed by atoms with Crippen LogP contribution in [0.25, 0.3) is 0 Å². The van der Waals surface area contributed by atoms with Crippen molar-refractivity contribution in [3.05, 3.63) is 19.8 Å². The zero-order valence-corrected chi connectivity index (χ0v) is 12.6. The second-order valence-electron chi connectivity index (χ2n) is 4.30. The quantitative estimate of drug-likeness (QED) is 0.917. The second-order valence-corrected chi connectivity index (χ2v) is 6.84. The van der Waals surface area contributed by atoms with Crippen molar-refractivity contribution in [3.63, 3.8) is 0 Å². The molecule has 2 unspecified atom stereocenters. The summed E-state index contributed by atoms with van der Waals surface area (Å²) >= 11 is 11.3. The lowest BCUT2D eigenvalue weighted by Crippen LogP contribution is -2.26. The summed E-state index contributed by atoms with van der Waals surface area (Å²) in [6.45, 7) is 2.24. The third kappa shape index (κ3) is 2.46. The van der Waals surface area contributed by atoms with Gasteiger partial charge in [-0.3, -0.25) is 4.90 Å². The number of nitrogens with one attached hydrogen (secondary N) is 1. The van der Waals surface area contributed by atoms with Gasteiger partial charge in [-0.15, -0.1) is 11.3 Å². The van der Waals surface area contributed by atoms with E-state index in [4.69, 9.17) is 11.6 Å². The average Bonchev–Trinajstić information content (AvgIpc) is 2.73. The van der Waals surface area contributed by atoms with E-state index in [9.17, 15) is 0 Å². The summed E-state index contributed by atoms with van der Waals surface area (Å²) in [7, 11) is 4.22. The van der Waals surface area contributed by atoms with Gasteiger partial charge in [-0.05, 0) is 61.5 Å². The van der Waals surface area contributed by atoms with E-state index in [1.807, 2.05) is 7.05 Å². The molecule has 16 heavy (non-hydrogen) atoms. The smallest absolute Gasteiger partial charge is 0.107 e. The lowest BCUT2D eigenvalue weighted by Gasteiger charge is -2.23. The fourth-order valence-electron chi connectivity index (χ4n) is 2.46. The summed E-state index contributed by atoms with van der Waals surface area (Å²) in [5, 5.41) is 3.28. The van der Waals surface area contributed by atoms with Gasteiger partial charge < -0.3 is 5.32 Å². The highest BCUT2D eigenvalue weighted by atomic mass is 79.9. The molecule has 1 aliphatic rings. The Kier molecular flexibility index (Phi) is 4.30. The molecule has 2 rings (SSSR count). The standard InChI is InChI=1S/C11H16BrClN2S/c1-14-6-7-3-4-15(2)10(7)9-5-8(12)11(13)16-9/h5,7,10,14H,3-4,6H2,1-2H3. The fourth-order valence-corrected chi connectivity index (χ4v) is 4.46. The van der Waals surface area contributed by atoms with E-state index in [2.05, 4.69) is 39.3 Å². The van der Waals surface area contributed by atoms with Gasteiger partial charge in [-0.25, -0.2) is 0 Å². The van der Waals surface area contributed by atoms with Crippen LogP contribution in [0.3, 0.4) is 0 Å². The number of halogens is 2. The number of nitrogens with zero attached hydrogens (tertiary/aromatic N) is 1. The molecule has 0 spiro atoms. The molecule has 2 nitrogen and oxygen atoms in total. The Balaban J connectivity index is 2.22. The van der Waals surface area contributed by atoms with Crippen molar-refractivity contribution in [2.45, 2.75) is 12.5 Å². The minimum absolute atomic E-state index is 0.515. The summed E-state index contributed by atoms with van der Waals surface area (Å²) in [4.78, 5) is 3.80. The van der Waals surface area contributed by atoms with Gasteiger partial charge >= 0.3 is 0 Å². The van der Waals surface area contributed by atoms with E-state index in [0.717, 1.165) is 15.4 Å². The normalized spacial score (nSPS) is 26.5. The number of rotatable bonds is 3. The van der Waals surface area contributed by atoms with Gasteiger partial charge in [0.25, 0.3) is 0 Å². The predicted molar refractivity (Wildman–Crippen MR) is 74.4 cm³/mol. The molecule has 2 heterocycles. The number of hydrogen-bond acceptors (Lipinski definition) is 3. The molecule has 1 aromatic heterocycles. The monoisotopic (exact) mass is 322 g/mol. The van der Waals surface area contributed by atoms with Gasteiger partial charge in [0, 0.05) is 15.4 Å². The molecule has 0 amide bonds. The highest BCUT2D eigenvalue weighted by molar-refractivity contribution is 9.10. The topological polar surface area (TPSA) is 15.3 Å². The Morgan fingerprint density at radius 1 is 1.69 bits per heavy atom. The fraction of sp³-hybridized carbons (Fsp3) is 0.636. The van der Waals surface area contributed by atoms with Crippen molar-refractivity contribution >= 4 is 38.9 Å². The predicted octanol–water partition coefficient (Wildman–Crippen LogP) is 3.38. The molecule has 90 valence electrons. The first kappa shape index (κ1) is 12.8. The molecular weight excluding hydrogens is 308 g/mol. The van der Waals surface area contributed by atoms with Crippen LogP contribution in [0.1, 0.15) is 17.3 Å². The van der Waals surface area contributed by atoms with E-state index < -0.39 is 0 Å². The average molecular weight is 324 g/mol. The number of thiophene rings is 1. The molecular formula is C11H16BrClN2S. The summed E-state index contributed by atoms with van der Waals surface area (Å²) < 4.78 is 1.89. The van der Waals surface area contributed by atoms with Crippen LogP contribution in [-0.2, 0) is 0 Å². The van der Waals surface area contributed by atoms with Crippen LogP contribution < -0.4 is 5.32 Å². The zero-order chi connectivity index (χ0) is 11.7. The number of likely N-dealkylation sites (tertiary alicyclic amines) is 1. The van der Waals surface area contributed by atoms with E-state index in [1.165, 1.54) is 17.8 Å². The molecule has 1 fully saturated rings. The Morgan fingerprint density at radius 3 is 3.00 bits per heavy atom. The van der Waals surface area contributed by atoms with Gasteiger partial charge in [0.15, 0.2) is 0 Å². The number of hydrogen-bond donors (Lipinski definition) is 1. The maximum atomic E-state index is 6.12. The highest BCUT2D eigenvalue weighted by Gasteiger charge is 2.33. The van der Waals surface area contributed by atoms with Gasteiger partial charge in [0.1, 0.15) is 4.34 Å². The second kappa shape index (κ2) is 5.36. The van der Waals surface area contributed by atoms with E-state index >= 15 is 0 Å². The molecule has 0 aromatic carbocycles. The van der Waals surface area contributed by atoms with Crippen LogP contribution in [0.4, 0.5) is 0 Å². The molecule has 5 heteroatoms. The molecule has 1 N–H and O–H groups in total. The molecule has 0 saturated carbocycles. The molecule has 0 aliphatic carbocycles. The van der Waals surface area contributed by atoms with Crippen LogP contribution in [-0.4, -0.2) is 32.1 Å². The van der Waals surface area contributed by atoms with E-state index in [-0.39, 0.29) is 0 Å². The molecule has 1 aliphatic heterocycles. The molecule has 2 atom stereocenters. The summed E-state index contributed by atoms with van der Waals surface area (Å²) in [6, 6.07) is 2.68. The summed E-state index contributed by atoms with van der Waals surface area (Å²) in [5.41, 5.74) is 0. The minimum atomic E-state index is 0.515. The maximum Gasteiger partial charge on any atom is 0.107 e. The maximum absolute atomic E-state index is 6.12. The van der Waals surface area contributed by atoms with Gasteiger partial charge in [-0.2, -0.15) is 0 Å². The van der Waals surface area contributed by atoms with E-state index in [0.29, 0.717) is 12.0 Å². The van der Waals surface area contributed by atoms with Crippen molar-refractivity contribution in [3.8, 4) is 0 Å². The molecule has 0 bridgehead atoms. The first-order valence-electron chi connectivity index (χ1n) is 5.43. The van der Waals surface area contributed by atoms with Crippen LogP contribution in [0.5, 0.6) is 0 Å². The summed E-state index contributed by atoms with van der Waals surface area (Å²) in [5.74, 6) is 0.691. The Bertz CT molecular complexity index is 347. The lowest BCUT2D eigenvalue weighted by molar-refractivity contribution is 0.278. The van der Waals surface area contributed by atoms with E-state index in [1.54, 1.807) is 11.3 Å². The first-order valence-corrected chi connectivity index (χ1v) is 7.41. The van der Waals surface area contributed by atoms with Crippen molar-refractivity contribution in [1.82, 2.24) is 10.2 Å². The molecule has 0 radical (unpaired) electrons. The molecule has 1 saturated heterocycles. The molecule has 1 aromatic rings. The van der Waals surface area contributed by atoms with Gasteiger partial charge in [0.05, 0.1) is 0 Å². The minimum Gasteiger partial charge on any atom is -0.319 e. The van der Waals surface area contributed by atoms with Crippen LogP contribution in [0.15, 0.2) is 10.5 Å². The largest absolute Gasteiger partial charge is 0.319 e. The van der Waals surface area contributed by atoms with Crippen molar-refractivity contribution in [2.24, 2.45) is 5.92 Å². The van der Waals surface area contributed by atoms with Crippen LogP contribution in [0, 0.1) is 5.92 Å². The highest BCUT2D eigenvalue weighted by Crippen LogP contribution is 2.43. The summed E-state index contributed by atoms with van der Waals surface area (Å²) in [6.07, 6.45) is 1.26. The van der Waals surface area contributed by atoms with Crippen molar-refractivity contribution < 1.29 is 0 Å². The third-order valence-corrected chi connectivity index (χ3v) is 5.74. The van der Waals surface area contributed by atoms with Crippen LogP contribution in [0.2, 0.25) is 4.34 Å². The zero-order valence-electron chi connectivity index (χ0n) is 9.46. The Hall–Kier alpha value is 0.390. The Morgan fingerprint density at radius 2 is 2.44 bits per heavy atom. The third-order valence-electron chi connectivity index (χ3n) is 3.20.